The largest absolute Gasteiger partial charge is 0.360 e. The summed E-state index contributed by atoms with van der Waals surface area (Å²) in [4.78, 5) is 26.7. The fraction of sp³-hybridized carbons (Fsp3) is 0.115. The molecule has 4 rings (SSSR count). The van der Waals surface area contributed by atoms with Gasteiger partial charge in [0, 0.05) is 22.2 Å². The number of aryl methyl sites for hydroxylation is 2. The maximum Gasteiger partial charge on any atom is 0.255 e. The molecule has 7 heteroatoms. The van der Waals surface area contributed by atoms with Crippen LogP contribution in [0.4, 0.5) is 11.5 Å². The van der Waals surface area contributed by atoms with Gasteiger partial charge in [-0.25, -0.2) is 0 Å². The third-order valence-corrected chi connectivity index (χ3v) is 6.20. The molecule has 0 aliphatic carbocycles. The van der Waals surface area contributed by atoms with E-state index in [0.29, 0.717) is 22.8 Å². The number of aromatic nitrogens is 1. The van der Waals surface area contributed by atoms with Gasteiger partial charge in [-0.15, -0.1) is 11.8 Å². The van der Waals surface area contributed by atoms with Crippen molar-refractivity contribution >= 4 is 35.1 Å². The zero-order valence-electron chi connectivity index (χ0n) is 18.2. The lowest BCUT2D eigenvalue weighted by molar-refractivity contribution is -0.115. The maximum atomic E-state index is 13.1. The number of benzene rings is 3. The van der Waals surface area contributed by atoms with Gasteiger partial charge in [0.15, 0.2) is 5.82 Å². The third-order valence-electron chi connectivity index (χ3n) is 4.96. The Hall–Kier alpha value is -3.84. The second-order valence-corrected chi connectivity index (χ2v) is 8.70. The Morgan fingerprint density at radius 3 is 2.36 bits per heavy atom. The SMILES string of the molecule is Cc1cc(NC(=O)C(Sc2cccc(NC(=O)c3ccccc3C)c2)c2ccccc2)no1. The van der Waals surface area contributed by atoms with Crippen molar-refractivity contribution < 1.29 is 14.1 Å². The molecule has 0 aliphatic rings. The first-order valence-corrected chi connectivity index (χ1v) is 11.3. The molecule has 0 bridgehead atoms. The number of nitrogens with zero attached hydrogens (tertiary/aromatic N) is 1. The molecule has 166 valence electrons. The van der Waals surface area contributed by atoms with Crippen molar-refractivity contribution in [2.75, 3.05) is 10.6 Å². The van der Waals surface area contributed by atoms with E-state index in [1.807, 2.05) is 79.7 Å². The molecule has 0 aliphatic heterocycles. The van der Waals surface area contributed by atoms with Crippen LogP contribution in [0, 0.1) is 13.8 Å². The van der Waals surface area contributed by atoms with Crippen molar-refractivity contribution in [3.63, 3.8) is 0 Å². The molecule has 2 N–H and O–H groups in total. The summed E-state index contributed by atoms with van der Waals surface area (Å²) in [7, 11) is 0. The van der Waals surface area contributed by atoms with E-state index >= 15 is 0 Å². The van der Waals surface area contributed by atoms with E-state index in [2.05, 4.69) is 15.8 Å². The molecule has 33 heavy (non-hydrogen) atoms. The van der Waals surface area contributed by atoms with Crippen LogP contribution in [0.5, 0.6) is 0 Å². The Labute approximate surface area is 196 Å². The first kappa shape index (κ1) is 22.4. The molecule has 4 aromatic rings. The highest BCUT2D eigenvalue weighted by Gasteiger charge is 2.23. The van der Waals surface area contributed by atoms with Crippen LogP contribution in [0.1, 0.15) is 32.5 Å². The molecule has 1 unspecified atom stereocenters. The molecule has 3 aromatic carbocycles. The zero-order chi connectivity index (χ0) is 23.2. The van der Waals surface area contributed by atoms with Gasteiger partial charge in [0.1, 0.15) is 11.0 Å². The van der Waals surface area contributed by atoms with E-state index < -0.39 is 5.25 Å². The molecular weight excluding hydrogens is 434 g/mol. The number of rotatable bonds is 7. The minimum atomic E-state index is -0.523. The van der Waals surface area contributed by atoms with Crippen molar-refractivity contribution in [2.24, 2.45) is 0 Å². The van der Waals surface area contributed by atoms with Gasteiger partial charge in [0.05, 0.1) is 0 Å². The number of carbonyl (C=O) groups is 2. The molecular formula is C26H23N3O3S. The summed E-state index contributed by atoms with van der Waals surface area (Å²) in [6.07, 6.45) is 0. The maximum absolute atomic E-state index is 13.1. The molecule has 0 radical (unpaired) electrons. The Balaban J connectivity index is 1.54. The van der Waals surface area contributed by atoms with Gasteiger partial charge < -0.3 is 15.2 Å². The Morgan fingerprint density at radius 2 is 1.64 bits per heavy atom. The fourth-order valence-corrected chi connectivity index (χ4v) is 4.41. The lowest BCUT2D eigenvalue weighted by Gasteiger charge is -2.17. The minimum absolute atomic E-state index is 0.172. The van der Waals surface area contributed by atoms with E-state index in [0.717, 1.165) is 16.0 Å². The summed E-state index contributed by atoms with van der Waals surface area (Å²) in [5, 5.41) is 9.11. The van der Waals surface area contributed by atoms with Gasteiger partial charge in [0.25, 0.3) is 5.91 Å². The number of carbonyl (C=O) groups excluding carboxylic acids is 2. The van der Waals surface area contributed by atoms with Crippen LogP contribution >= 0.6 is 11.8 Å². The zero-order valence-corrected chi connectivity index (χ0v) is 19.1. The average Bonchev–Trinajstić information content (AvgIpc) is 3.23. The highest BCUT2D eigenvalue weighted by molar-refractivity contribution is 8.00. The van der Waals surface area contributed by atoms with E-state index in [1.165, 1.54) is 11.8 Å². The quantitative estimate of drug-likeness (QED) is 0.332. The van der Waals surface area contributed by atoms with Crippen LogP contribution in [0.15, 0.2) is 94.3 Å². The van der Waals surface area contributed by atoms with Crippen molar-refractivity contribution in [1.82, 2.24) is 5.16 Å². The molecule has 6 nitrogen and oxygen atoms in total. The van der Waals surface area contributed by atoms with Crippen LogP contribution in [0.2, 0.25) is 0 Å². The van der Waals surface area contributed by atoms with Crippen LogP contribution in [0.25, 0.3) is 0 Å². The van der Waals surface area contributed by atoms with Crippen molar-refractivity contribution in [2.45, 2.75) is 24.0 Å². The second-order valence-electron chi connectivity index (χ2n) is 7.52. The standard InChI is InChI=1S/C26H23N3O3S/c1-17-9-6-7-14-22(17)25(30)27-20-12-8-13-21(16-20)33-24(19-10-4-3-5-11-19)26(31)28-23-15-18(2)32-29-23/h3-16,24H,1-2H3,(H,27,30)(H,28,29,31). The monoisotopic (exact) mass is 457 g/mol. The van der Waals surface area contributed by atoms with Gasteiger partial charge in [-0.2, -0.15) is 0 Å². The van der Waals surface area contributed by atoms with Crippen molar-refractivity contribution in [3.05, 3.63) is 107 Å². The Morgan fingerprint density at radius 1 is 0.879 bits per heavy atom. The second kappa shape index (κ2) is 10.2. The molecule has 2 amide bonds. The molecule has 1 atom stereocenters. The topological polar surface area (TPSA) is 84.2 Å². The summed E-state index contributed by atoms with van der Waals surface area (Å²) >= 11 is 1.39. The highest BCUT2D eigenvalue weighted by Crippen LogP contribution is 2.37. The number of nitrogens with one attached hydrogen (secondary N) is 2. The first-order valence-electron chi connectivity index (χ1n) is 10.4. The number of amides is 2. The van der Waals surface area contributed by atoms with Crippen molar-refractivity contribution in [3.8, 4) is 0 Å². The van der Waals surface area contributed by atoms with Crippen LogP contribution in [-0.4, -0.2) is 17.0 Å². The van der Waals surface area contributed by atoms with E-state index in [4.69, 9.17) is 4.52 Å². The summed E-state index contributed by atoms with van der Waals surface area (Å²) in [6.45, 7) is 3.67. The number of hydrogen-bond donors (Lipinski definition) is 2. The molecule has 0 fully saturated rings. The van der Waals surface area contributed by atoms with Crippen LogP contribution in [0.3, 0.4) is 0 Å². The normalized spacial score (nSPS) is 11.6. The lowest BCUT2D eigenvalue weighted by atomic mass is 10.1. The smallest absolute Gasteiger partial charge is 0.255 e. The van der Waals surface area contributed by atoms with Gasteiger partial charge in [-0.05, 0) is 49.2 Å². The highest BCUT2D eigenvalue weighted by atomic mass is 32.2. The van der Waals surface area contributed by atoms with Gasteiger partial charge in [-0.1, -0.05) is 59.8 Å². The van der Waals surface area contributed by atoms with E-state index in [9.17, 15) is 9.59 Å². The molecule has 0 saturated carbocycles. The summed E-state index contributed by atoms with van der Waals surface area (Å²) in [5.74, 6) is 0.604. The third kappa shape index (κ3) is 5.70. The predicted octanol–water partition coefficient (Wildman–Crippen LogP) is 6.02. The van der Waals surface area contributed by atoms with Gasteiger partial charge >= 0.3 is 0 Å². The number of thioether (sulfide) groups is 1. The minimum Gasteiger partial charge on any atom is -0.360 e. The van der Waals surface area contributed by atoms with E-state index in [1.54, 1.807) is 19.1 Å². The number of anilines is 2. The summed E-state index contributed by atoms with van der Waals surface area (Å²) in [5.41, 5.74) is 3.05. The Kier molecular flexibility index (Phi) is 6.90. The molecule has 1 aromatic heterocycles. The molecule has 1 heterocycles. The Bertz CT molecular complexity index is 1270. The lowest BCUT2D eigenvalue weighted by Crippen LogP contribution is -2.19. The van der Waals surface area contributed by atoms with Crippen LogP contribution < -0.4 is 10.6 Å². The average molecular weight is 458 g/mol. The van der Waals surface area contributed by atoms with Crippen molar-refractivity contribution in [1.29, 1.82) is 0 Å². The van der Waals surface area contributed by atoms with Crippen LogP contribution in [-0.2, 0) is 4.79 Å². The number of hydrogen-bond acceptors (Lipinski definition) is 5. The summed E-state index contributed by atoms with van der Waals surface area (Å²) in [6, 6.07) is 26.1. The molecule has 0 spiro atoms. The van der Waals surface area contributed by atoms with Gasteiger partial charge in [-0.3, -0.25) is 9.59 Å². The van der Waals surface area contributed by atoms with Gasteiger partial charge in [0.2, 0.25) is 5.91 Å². The summed E-state index contributed by atoms with van der Waals surface area (Å²) < 4.78 is 5.05. The first-order chi connectivity index (χ1) is 16.0. The predicted molar refractivity (Wildman–Crippen MR) is 130 cm³/mol. The fourth-order valence-electron chi connectivity index (χ4n) is 3.33. The molecule has 0 saturated heterocycles. The van der Waals surface area contributed by atoms with E-state index in [-0.39, 0.29) is 11.8 Å².